The molecule has 0 unspecified atom stereocenters. The number of halogens is 1. The maximum absolute atomic E-state index is 14.3. The Bertz CT molecular complexity index is 1230. The van der Waals surface area contributed by atoms with Crippen molar-refractivity contribution in [3.05, 3.63) is 84.2 Å². The highest BCUT2D eigenvalue weighted by Gasteiger charge is 2.29. The molecule has 0 radical (unpaired) electrons. The predicted octanol–water partition coefficient (Wildman–Crippen LogP) is 3.82. The number of nitrogens with zero attached hydrogens (tertiary/aromatic N) is 1. The summed E-state index contributed by atoms with van der Waals surface area (Å²) < 4.78 is 53.0. The van der Waals surface area contributed by atoms with Crippen LogP contribution in [0, 0.1) is 5.82 Å². The summed E-state index contributed by atoms with van der Waals surface area (Å²) in [4.78, 5) is 12.3. The topological polar surface area (TPSA) is 84.9 Å². The molecular formula is C24H23FN2O5S. The molecule has 33 heavy (non-hydrogen) atoms. The fourth-order valence-electron chi connectivity index (χ4n) is 3.41. The SMILES string of the molecule is O=C(CN(Cc1ccccc1)S(=O)(=O)c1ccccc1F)Nc1ccc2c(c1)OCCCO2. The van der Waals surface area contributed by atoms with Crippen LogP contribution in [0.15, 0.2) is 77.7 Å². The summed E-state index contributed by atoms with van der Waals surface area (Å²) in [7, 11) is -4.28. The molecule has 1 aliphatic heterocycles. The fourth-order valence-corrected chi connectivity index (χ4v) is 4.86. The number of carbonyl (C=O) groups is 1. The minimum atomic E-state index is -4.28. The van der Waals surface area contributed by atoms with Gasteiger partial charge in [-0.15, -0.1) is 0 Å². The van der Waals surface area contributed by atoms with Crippen LogP contribution in [0.3, 0.4) is 0 Å². The van der Waals surface area contributed by atoms with E-state index in [9.17, 15) is 17.6 Å². The third-order valence-corrected chi connectivity index (χ3v) is 6.83. The standard InChI is InChI=1S/C24H23FN2O5S/c25-20-9-4-5-10-23(20)33(29,30)27(16-18-7-2-1-3-8-18)17-24(28)26-19-11-12-21-22(15-19)32-14-6-13-31-21/h1-5,7-12,15H,6,13-14,16-17H2,(H,26,28). The van der Waals surface area contributed by atoms with Crippen LogP contribution in [0.4, 0.5) is 10.1 Å². The van der Waals surface area contributed by atoms with Crippen LogP contribution in [0.5, 0.6) is 11.5 Å². The second kappa shape index (κ2) is 10.0. The zero-order valence-electron chi connectivity index (χ0n) is 17.7. The van der Waals surface area contributed by atoms with E-state index in [0.717, 1.165) is 16.8 Å². The van der Waals surface area contributed by atoms with Crippen LogP contribution in [-0.4, -0.2) is 38.4 Å². The van der Waals surface area contributed by atoms with Gasteiger partial charge < -0.3 is 14.8 Å². The molecule has 3 aromatic rings. The minimum Gasteiger partial charge on any atom is -0.490 e. The third-order valence-electron chi connectivity index (χ3n) is 5.01. The highest BCUT2D eigenvalue weighted by molar-refractivity contribution is 7.89. The van der Waals surface area contributed by atoms with E-state index >= 15 is 0 Å². The molecule has 0 aliphatic carbocycles. The van der Waals surface area contributed by atoms with Crippen molar-refractivity contribution < 1.29 is 27.1 Å². The Balaban J connectivity index is 1.57. The summed E-state index contributed by atoms with van der Waals surface area (Å²) in [5, 5.41) is 2.69. The number of fused-ring (bicyclic) bond motifs is 1. The molecule has 1 heterocycles. The van der Waals surface area contributed by atoms with Crippen LogP contribution in [0.1, 0.15) is 12.0 Å². The first-order valence-corrected chi connectivity index (χ1v) is 11.9. The van der Waals surface area contributed by atoms with Gasteiger partial charge in [0.05, 0.1) is 19.8 Å². The molecular weight excluding hydrogens is 447 g/mol. The highest BCUT2D eigenvalue weighted by Crippen LogP contribution is 2.32. The van der Waals surface area contributed by atoms with Crippen molar-refractivity contribution in [1.29, 1.82) is 0 Å². The Hall–Kier alpha value is -3.43. The maximum Gasteiger partial charge on any atom is 0.246 e. The zero-order valence-corrected chi connectivity index (χ0v) is 18.6. The number of rotatable bonds is 7. The van der Waals surface area contributed by atoms with E-state index < -0.39 is 33.2 Å². The lowest BCUT2D eigenvalue weighted by atomic mass is 10.2. The molecule has 0 aromatic heterocycles. The summed E-state index contributed by atoms with van der Waals surface area (Å²) in [5.74, 6) is -0.358. The number of hydrogen-bond donors (Lipinski definition) is 1. The van der Waals surface area contributed by atoms with Crippen molar-refractivity contribution in [2.24, 2.45) is 0 Å². The average Bonchev–Trinajstić information content (AvgIpc) is 3.04. The quantitative estimate of drug-likeness (QED) is 0.568. The second-order valence-electron chi connectivity index (χ2n) is 7.45. The summed E-state index contributed by atoms with van der Waals surface area (Å²) in [6.45, 7) is 0.448. The summed E-state index contributed by atoms with van der Waals surface area (Å²) in [5.41, 5.74) is 1.10. The summed E-state index contributed by atoms with van der Waals surface area (Å²) >= 11 is 0. The van der Waals surface area contributed by atoms with E-state index in [-0.39, 0.29) is 6.54 Å². The van der Waals surface area contributed by atoms with Gasteiger partial charge in [0.25, 0.3) is 0 Å². The lowest BCUT2D eigenvalue weighted by molar-refractivity contribution is -0.116. The van der Waals surface area contributed by atoms with E-state index in [4.69, 9.17) is 9.47 Å². The van der Waals surface area contributed by atoms with E-state index in [1.807, 2.05) is 0 Å². The van der Waals surface area contributed by atoms with E-state index in [0.29, 0.717) is 36.0 Å². The number of nitrogens with one attached hydrogen (secondary N) is 1. The second-order valence-corrected chi connectivity index (χ2v) is 9.36. The Kier molecular flexibility index (Phi) is 6.90. The summed E-state index contributed by atoms with van der Waals surface area (Å²) in [6.07, 6.45) is 0.749. The Morgan fingerprint density at radius 1 is 0.939 bits per heavy atom. The van der Waals surface area contributed by atoms with Crippen molar-refractivity contribution in [3.8, 4) is 11.5 Å². The average molecular weight is 471 g/mol. The summed E-state index contributed by atoms with van der Waals surface area (Å²) in [6, 6.07) is 18.9. The number of anilines is 1. The molecule has 3 aromatic carbocycles. The highest BCUT2D eigenvalue weighted by atomic mass is 32.2. The van der Waals surface area contributed by atoms with Gasteiger partial charge in [0.1, 0.15) is 10.7 Å². The zero-order chi connectivity index (χ0) is 23.3. The molecule has 172 valence electrons. The van der Waals surface area contributed by atoms with Crippen LogP contribution in [-0.2, 0) is 21.4 Å². The van der Waals surface area contributed by atoms with Crippen LogP contribution < -0.4 is 14.8 Å². The molecule has 0 bridgehead atoms. The smallest absolute Gasteiger partial charge is 0.246 e. The van der Waals surface area contributed by atoms with E-state index in [2.05, 4.69) is 5.32 Å². The Morgan fingerprint density at radius 2 is 1.64 bits per heavy atom. The van der Waals surface area contributed by atoms with Crippen LogP contribution in [0.2, 0.25) is 0 Å². The molecule has 1 N–H and O–H groups in total. The largest absolute Gasteiger partial charge is 0.490 e. The van der Waals surface area contributed by atoms with Gasteiger partial charge in [-0.3, -0.25) is 4.79 Å². The van der Waals surface area contributed by atoms with Gasteiger partial charge in [-0.05, 0) is 29.8 Å². The minimum absolute atomic E-state index is 0.0912. The molecule has 1 aliphatic rings. The van der Waals surface area contributed by atoms with E-state index in [1.54, 1.807) is 48.5 Å². The van der Waals surface area contributed by atoms with Gasteiger partial charge in [0, 0.05) is 24.7 Å². The molecule has 7 nitrogen and oxygen atoms in total. The Morgan fingerprint density at radius 3 is 2.39 bits per heavy atom. The first-order chi connectivity index (χ1) is 15.9. The normalized spacial score (nSPS) is 13.4. The molecule has 9 heteroatoms. The van der Waals surface area contributed by atoms with Crippen molar-refractivity contribution in [3.63, 3.8) is 0 Å². The number of amides is 1. The molecule has 1 amide bonds. The molecule has 4 rings (SSSR count). The van der Waals surface area contributed by atoms with Crippen molar-refractivity contribution in [2.45, 2.75) is 17.9 Å². The Labute approximate surface area is 191 Å². The maximum atomic E-state index is 14.3. The fraction of sp³-hybridized carbons (Fsp3) is 0.208. The van der Waals surface area contributed by atoms with Crippen molar-refractivity contribution >= 4 is 21.6 Å². The first-order valence-electron chi connectivity index (χ1n) is 10.4. The van der Waals surface area contributed by atoms with E-state index in [1.165, 1.54) is 18.2 Å². The predicted molar refractivity (Wildman–Crippen MR) is 121 cm³/mol. The van der Waals surface area contributed by atoms with Gasteiger partial charge in [0.15, 0.2) is 11.5 Å². The first kappa shape index (κ1) is 22.8. The monoisotopic (exact) mass is 470 g/mol. The molecule has 0 atom stereocenters. The molecule has 0 saturated carbocycles. The van der Waals surface area contributed by atoms with Crippen molar-refractivity contribution in [1.82, 2.24) is 4.31 Å². The van der Waals surface area contributed by atoms with Gasteiger partial charge >= 0.3 is 0 Å². The third kappa shape index (κ3) is 5.50. The number of carbonyl (C=O) groups excluding carboxylic acids is 1. The lowest BCUT2D eigenvalue weighted by Crippen LogP contribution is -2.38. The van der Waals surface area contributed by atoms with Gasteiger partial charge in [-0.2, -0.15) is 4.31 Å². The number of hydrogen-bond acceptors (Lipinski definition) is 5. The molecule has 0 saturated heterocycles. The van der Waals surface area contributed by atoms with Crippen LogP contribution in [0.25, 0.3) is 0 Å². The van der Waals surface area contributed by atoms with Crippen LogP contribution >= 0.6 is 0 Å². The van der Waals surface area contributed by atoms with Gasteiger partial charge in [-0.25, -0.2) is 12.8 Å². The molecule has 0 spiro atoms. The van der Waals surface area contributed by atoms with Gasteiger partial charge in [0.2, 0.25) is 15.9 Å². The number of benzene rings is 3. The van der Waals surface area contributed by atoms with Gasteiger partial charge in [-0.1, -0.05) is 42.5 Å². The number of ether oxygens (including phenoxy) is 2. The lowest BCUT2D eigenvalue weighted by Gasteiger charge is -2.22. The van der Waals surface area contributed by atoms with Crippen molar-refractivity contribution in [2.75, 3.05) is 25.1 Å². The molecule has 0 fully saturated rings. The number of sulfonamides is 1.